The Bertz CT molecular complexity index is 988. The molecule has 0 aliphatic carbocycles. The summed E-state index contributed by atoms with van der Waals surface area (Å²) in [5.41, 5.74) is 2.02. The minimum Gasteiger partial charge on any atom is -0.493 e. The van der Waals surface area contributed by atoms with Crippen molar-refractivity contribution in [2.75, 3.05) is 13.7 Å². The average Bonchev–Trinajstić information content (AvgIpc) is 2.75. The normalized spacial score (nSPS) is 14.8. The van der Waals surface area contributed by atoms with Gasteiger partial charge in [-0.3, -0.25) is 4.79 Å². The third-order valence-electron chi connectivity index (χ3n) is 6.16. The highest BCUT2D eigenvalue weighted by Gasteiger charge is 2.27. The summed E-state index contributed by atoms with van der Waals surface area (Å²) in [5, 5.41) is 9.37. The van der Waals surface area contributed by atoms with Gasteiger partial charge in [0.05, 0.1) is 19.4 Å². The van der Waals surface area contributed by atoms with Crippen LogP contribution in [0.2, 0.25) is 0 Å². The molecule has 0 saturated heterocycles. The van der Waals surface area contributed by atoms with Gasteiger partial charge < -0.3 is 19.1 Å². The van der Waals surface area contributed by atoms with Gasteiger partial charge in [0.2, 0.25) is 0 Å². The molecule has 0 radical (unpaired) electrons. The molecule has 1 N–H and O–H groups in total. The third kappa shape index (κ3) is 4.78. The highest BCUT2D eigenvalue weighted by atomic mass is 16.5. The highest BCUT2D eigenvalue weighted by molar-refractivity contribution is 5.87. The summed E-state index contributed by atoms with van der Waals surface area (Å²) in [6.07, 6.45) is 7.60. The Balaban J connectivity index is 2.02. The Morgan fingerprint density at radius 3 is 2.45 bits per heavy atom. The molecule has 3 rings (SSSR count). The van der Waals surface area contributed by atoms with Gasteiger partial charge in [0.1, 0.15) is 5.56 Å². The molecule has 2 aromatic rings. The van der Waals surface area contributed by atoms with E-state index in [-0.39, 0.29) is 11.6 Å². The molecule has 2 heterocycles. The number of carboxylic acid groups (broad SMARTS) is 1. The van der Waals surface area contributed by atoms with E-state index in [9.17, 15) is 14.7 Å². The smallest absolute Gasteiger partial charge is 0.341 e. The van der Waals surface area contributed by atoms with Crippen molar-refractivity contribution in [3.8, 4) is 22.8 Å². The number of carbonyl (C=O) groups is 1. The number of ether oxygens (including phenoxy) is 2. The van der Waals surface area contributed by atoms with Crippen LogP contribution in [0.4, 0.5) is 0 Å². The Morgan fingerprint density at radius 1 is 1.16 bits per heavy atom. The van der Waals surface area contributed by atoms with E-state index in [0.29, 0.717) is 18.3 Å². The van der Waals surface area contributed by atoms with Gasteiger partial charge in [-0.15, -0.1) is 0 Å². The van der Waals surface area contributed by atoms with Crippen LogP contribution >= 0.6 is 0 Å². The molecule has 0 unspecified atom stereocenters. The average molecular weight is 428 g/mol. The third-order valence-corrected chi connectivity index (χ3v) is 6.16. The quantitative estimate of drug-likeness (QED) is 0.555. The summed E-state index contributed by atoms with van der Waals surface area (Å²) in [5.74, 6) is 0.678. The minimum atomic E-state index is -1.20. The van der Waals surface area contributed by atoms with Crippen molar-refractivity contribution in [1.29, 1.82) is 0 Å². The van der Waals surface area contributed by atoms with Crippen LogP contribution in [-0.2, 0) is 6.42 Å². The predicted octanol–water partition coefficient (Wildman–Crippen LogP) is 5.32. The zero-order chi connectivity index (χ0) is 22.5. The fraction of sp³-hybridized carbons (Fsp3) is 0.520. The van der Waals surface area contributed by atoms with E-state index in [1.807, 2.05) is 16.7 Å². The first-order valence-corrected chi connectivity index (χ1v) is 11.3. The fourth-order valence-electron chi connectivity index (χ4n) is 4.54. The maximum atomic E-state index is 12.4. The fourth-order valence-corrected chi connectivity index (χ4v) is 4.54. The van der Waals surface area contributed by atoms with E-state index in [4.69, 9.17) is 9.47 Å². The molecule has 0 amide bonds. The number of aromatic nitrogens is 1. The molecule has 1 aromatic heterocycles. The standard InChI is InChI=1S/C25H33NO5/c1-5-8-16(9-6-2)15-31-24-11-17-10-18(7-3)26-14-20(25(28)29)22(27)13-21(26)19(17)12-23(24)30-4/h11-14,16,18H,5-10,15H2,1-4H3,(H,28,29)/t18-/m1/s1. The maximum Gasteiger partial charge on any atom is 0.341 e. The monoisotopic (exact) mass is 427 g/mol. The van der Waals surface area contributed by atoms with E-state index in [1.54, 1.807) is 7.11 Å². The number of methoxy groups -OCH3 is 1. The van der Waals surface area contributed by atoms with Gasteiger partial charge in [-0.05, 0) is 49.3 Å². The molecule has 0 saturated carbocycles. The Labute approximate surface area is 183 Å². The highest BCUT2D eigenvalue weighted by Crippen LogP contribution is 2.42. The zero-order valence-electron chi connectivity index (χ0n) is 18.9. The van der Waals surface area contributed by atoms with E-state index < -0.39 is 11.4 Å². The SMILES string of the molecule is CCCC(CCC)COc1cc2c(cc1OC)-c1cc(=O)c(C(=O)O)cn1[C@H](CC)C2. The summed E-state index contributed by atoms with van der Waals surface area (Å²) >= 11 is 0. The number of hydrogen-bond acceptors (Lipinski definition) is 4. The molecule has 6 heteroatoms. The zero-order valence-corrected chi connectivity index (χ0v) is 18.9. The molecule has 1 atom stereocenters. The van der Waals surface area contributed by atoms with Crippen molar-refractivity contribution in [3.05, 3.63) is 45.7 Å². The lowest BCUT2D eigenvalue weighted by Crippen LogP contribution is -2.25. The van der Waals surface area contributed by atoms with Gasteiger partial charge in [0, 0.05) is 23.9 Å². The number of hydrogen-bond donors (Lipinski definition) is 1. The summed E-state index contributed by atoms with van der Waals surface area (Å²) in [6, 6.07) is 5.46. The first kappa shape index (κ1) is 22.9. The summed E-state index contributed by atoms with van der Waals surface area (Å²) in [7, 11) is 1.61. The lowest BCUT2D eigenvalue weighted by Gasteiger charge is -2.31. The summed E-state index contributed by atoms with van der Waals surface area (Å²) in [6.45, 7) is 7.12. The lowest BCUT2D eigenvalue weighted by atomic mass is 9.90. The molecule has 1 aromatic carbocycles. The van der Waals surface area contributed by atoms with Crippen LogP contribution in [0.15, 0.2) is 29.2 Å². The van der Waals surface area contributed by atoms with E-state index >= 15 is 0 Å². The van der Waals surface area contributed by atoms with Crippen LogP contribution in [0.1, 0.15) is 74.8 Å². The van der Waals surface area contributed by atoms with E-state index in [2.05, 4.69) is 20.8 Å². The van der Waals surface area contributed by atoms with Crippen molar-refractivity contribution >= 4 is 5.97 Å². The molecule has 1 aliphatic heterocycles. The molecule has 6 nitrogen and oxygen atoms in total. The number of pyridine rings is 1. The van der Waals surface area contributed by atoms with Gasteiger partial charge in [-0.1, -0.05) is 33.6 Å². The summed E-state index contributed by atoms with van der Waals surface area (Å²) < 4.78 is 13.8. The Morgan fingerprint density at radius 2 is 1.87 bits per heavy atom. The molecule has 0 bridgehead atoms. The number of rotatable bonds is 10. The van der Waals surface area contributed by atoms with Crippen LogP contribution in [0, 0.1) is 5.92 Å². The van der Waals surface area contributed by atoms with Crippen LogP contribution < -0.4 is 14.9 Å². The van der Waals surface area contributed by atoms with Crippen molar-refractivity contribution in [1.82, 2.24) is 4.57 Å². The molecule has 0 fully saturated rings. The van der Waals surface area contributed by atoms with E-state index in [0.717, 1.165) is 61.1 Å². The largest absolute Gasteiger partial charge is 0.493 e. The van der Waals surface area contributed by atoms with Crippen molar-refractivity contribution in [2.24, 2.45) is 5.92 Å². The number of fused-ring (bicyclic) bond motifs is 3. The predicted molar refractivity (Wildman–Crippen MR) is 121 cm³/mol. The second-order valence-corrected chi connectivity index (χ2v) is 8.33. The lowest BCUT2D eigenvalue weighted by molar-refractivity contribution is 0.0694. The van der Waals surface area contributed by atoms with Crippen molar-refractivity contribution < 1.29 is 19.4 Å². The van der Waals surface area contributed by atoms with Gasteiger partial charge in [0.25, 0.3) is 0 Å². The van der Waals surface area contributed by atoms with Crippen LogP contribution in [0.5, 0.6) is 11.5 Å². The Kier molecular flexibility index (Phi) is 7.42. The van der Waals surface area contributed by atoms with Gasteiger partial charge >= 0.3 is 5.97 Å². The van der Waals surface area contributed by atoms with Crippen molar-refractivity contribution in [2.45, 2.75) is 65.3 Å². The second kappa shape index (κ2) is 10.0. The second-order valence-electron chi connectivity index (χ2n) is 8.33. The maximum absolute atomic E-state index is 12.4. The first-order valence-electron chi connectivity index (χ1n) is 11.3. The number of carboxylic acids is 1. The van der Waals surface area contributed by atoms with Gasteiger partial charge in [-0.2, -0.15) is 0 Å². The minimum absolute atomic E-state index is 0.0791. The number of nitrogens with zero attached hydrogens (tertiary/aromatic N) is 1. The number of aromatic carboxylic acids is 1. The molecule has 168 valence electrons. The molecular weight excluding hydrogens is 394 g/mol. The molecule has 1 aliphatic rings. The molecular formula is C25H33NO5. The van der Waals surface area contributed by atoms with Gasteiger partial charge in [-0.25, -0.2) is 4.79 Å². The van der Waals surface area contributed by atoms with Crippen LogP contribution in [0.25, 0.3) is 11.3 Å². The summed E-state index contributed by atoms with van der Waals surface area (Å²) in [4.78, 5) is 23.9. The van der Waals surface area contributed by atoms with E-state index in [1.165, 1.54) is 12.3 Å². The van der Waals surface area contributed by atoms with Gasteiger partial charge in [0.15, 0.2) is 16.9 Å². The van der Waals surface area contributed by atoms with Crippen LogP contribution in [0.3, 0.4) is 0 Å². The topological polar surface area (TPSA) is 77.8 Å². The molecule has 0 spiro atoms. The van der Waals surface area contributed by atoms with Crippen molar-refractivity contribution in [3.63, 3.8) is 0 Å². The first-order chi connectivity index (χ1) is 14.9. The van der Waals surface area contributed by atoms with Crippen LogP contribution in [-0.4, -0.2) is 29.4 Å². The number of benzene rings is 1. The Hall–Kier alpha value is -2.76. The molecule has 31 heavy (non-hydrogen) atoms.